The molecule has 0 N–H and O–H groups in total. The lowest BCUT2D eigenvalue weighted by Gasteiger charge is -2.21. The summed E-state index contributed by atoms with van der Waals surface area (Å²) in [5.41, 5.74) is 25.2. The van der Waals surface area contributed by atoms with Crippen LogP contribution in [0.4, 0.5) is 0 Å². The van der Waals surface area contributed by atoms with Crippen LogP contribution in [0.15, 0.2) is 376 Å². The minimum atomic E-state index is -0.0876. The number of hydrogen-bond acceptors (Lipinski definition) is 8. The Hall–Kier alpha value is -14.4. The van der Waals surface area contributed by atoms with E-state index in [-0.39, 0.29) is 5.41 Å². The summed E-state index contributed by atoms with van der Waals surface area (Å²) >= 11 is 3.58. The number of nitrogens with zero attached hydrogens (tertiary/aromatic N) is 8. The summed E-state index contributed by atoms with van der Waals surface area (Å²) < 4.78 is 9.60. The molecule has 0 saturated carbocycles. The highest BCUT2D eigenvalue weighted by molar-refractivity contribution is 7.26. The molecular formula is C105H68N8S2. The maximum atomic E-state index is 5.19. The molecule has 16 aromatic carbocycles. The number of benzene rings is 16. The first-order valence-corrected chi connectivity index (χ1v) is 40.5. The Morgan fingerprint density at radius 1 is 0.209 bits per heavy atom. The zero-order valence-corrected chi connectivity index (χ0v) is 64.3. The number of hydrogen-bond donors (Lipinski definition) is 0. The van der Waals surface area contributed by atoms with Crippen molar-refractivity contribution in [1.29, 1.82) is 0 Å². The van der Waals surface area contributed by atoms with Crippen LogP contribution in [0, 0.1) is 0 Å². The largest absolute Gasteiger partial charge is 0.309 e. The van der Waals surface area contributed by atoms with Gasteiger partial charge in [0, 0.05) is 112 Å². The van der Waals surface area contributed by atoms with Crippen molar-refractivity contribution in [1.82, 2.24) is 39.0 Å². The van der Waals surface area contributed by atoms with Crippen molar-refractivity contribution in [2.45, 2.75) is 19.3 Å². The van der Waals surface area contributed by atoms with Crippen LogP contribution in [0.1, 0.15) is 25.0 Å². The molecule has 115 heavy (non-hydrogen) atoms. The van der Waals surface area contributed by atoms with Crippen LogP contribution < -0.4 is 0 Å². The van der Waals surface area contributed by atoms with Crippen molar-refractivity contribution in [3.63, 3.8) is 0 Å². The first-order chi connectivity index (χ1) is 56.7. The first kappa shape index (κ1) is 67.5. The minimum absolute atomic E-state index is 0.0876. The second-order valence-electron chi connectivity index (χ2n) is 30.1. The zero-order chi connectivity index (χ0) is 76.2. The third-order valence-electron chi connectivity index (χ3n) is 22.9. The monoisotopic (exact) mass is 1500 g/mol. The van der Waals surface area contributed by atoms with Crippen molar-refractivity contribution in [3.05, 3.63) is 387 Å². The van der Waals surface area contributed by atoms with Crippen molar-refractivity contribution in [2.75, 3.05) is 0 Å². The summed E-state index contributed by atoms with van der Waals surface area (Å²) in [7, 11) is 0. The molecule has 8 nitrogen and oxygen atoms in total. The second kappa shape index (κ2) is 27.5. The van der Waals surface area contributed by atoms with E-state index in [4.69, 9.17) is 29.9 Å². The highest BCUT2D eigenvalue weighted by Gasteiger charge is 2.36. The molecule has 0 spiro atoms. The number of fused-ring (bicyclic) bond motifs is 15. The Kier molecular flexibility index (Phi) is 16.1. The van der Waals surface area contributed by atoms with E-state index in [0.717, 1.165) is 67.0 Å². The van der Waals surface area contributed by atoms with E-state index >= 15 is 0 Å². The van der Waals surface area contributed by atoms with E-state index in [1.807, 2.05) is 72.8 Å². The van der Waals surface area contributed by atoms with Crippen LogP contribution >= 0.6 is 22.7 Å². The van der Waals surface area contributed by atoms with Crippen molar-refractivity contribution in [3.8, 4) is 124 Å². The van der Waals surface area contributed by atoms with E-state index in [1.54, 1.807) is 22.7 Å². The third kappa shape index (κ3) is 11.6. The summed E-state index contributed by atoms with van der Waals surface area (Å²) in [6.07, 6.45) is 0. The van der Waals surface area contributed by atoms with Gasteiger partial charge in [-0.3, -0.25) is 0 Å². The fourth-order valence-electron chi connectivity index (χ4n) is 17.3. The van der Waals surface area contributed by atoms with Gasteiger partial charge in [-0.2, -0.15) is 0 Å². The summed E-state index contributed by atoms with van der Waals surface area (Å²) in [6, 6.07) is 134. The lowest BCUT2D eigenvalue weighted by atomic mass is 9.82. The van der Waals surface area contributed by atoms with Gasteiger partial charge in [0.2, 0.25) is 0 Å². The molecule has 0 bridgehead atoms. The first-order valence-electron chi connectivity index (χ1n) is 38.9. The van der Waals surface area contributed by atoms with Crippen molar-refractivity contribution >= 4 is 107 Å². The molecule has 0 aliphatic heterocycles. The molecule has 0 unspecified atom stereocenters. The molecule has 22 aromatic rings. The Labute approximate surface area is 671 Å². The van der Waals surface area contributed by atoms with Crippen molar-refractivity contribution in [2.24, 2.45) is 0 Å². The SMILES string of the molecule is CC1(C)c2ccccc2-c2cc3c4ccccc4n(-c4ccc(-c5cc(-c6nc(-c7ccccc7)nc(-c7ccccc7)n6)c6sc7ccccc7c6c5)cc4)c3cc21.c1ccc(-c2nc(-c3ccccc3)nc(-c3cc(-c4ccc(-c5ccc(-n6c7ccccc7c7ccccc76)cc5)cc4)cc4c3sc3ccccc34)n2)cc1. The molecule has 0 fully saturated rings. The minimum Gasteiger partial charge on any atom is -0.309 e. The predicted octanol–water partition coefficient (Wildman–Crippen LogP) is 28.0. The molecule has 23 rings (SSSR count). The van der Waals surface area contributed by atoms with E-state index < -0.39 is 0 Å². The number of thiophene rings is 2. The number of rotatable bonds is 11. The average molecular weight is 1510 g/mol. The van der Waals surface area contributed by atoms with E-state index in [2.05, 4.69) is 326 Å². The molecule has 0 amide bonds. The van der Waals surface area contributed by atoms with Gasteiger partial charge in [0.15, 0.2) is 34.9 Å². The van der Waals surface area contributed by atoms with Gasteiger partial charge in [0.05, 0.1) is 22.1 Å². The summed E-state index contributed by atoms with van der Waals surface area (Å²) in [5.74, 6) is 3.95. The molecule has 6 heterocycles. The zero-order valence-electron chi connectivity index (χ0n) is 62.7. The third-order valence-corrected chi connectivity index (χ3v) is 25.4. The fraction of sp³-hybridized carbons (Fsp3) is 0.0286. The Bertz CT molecular complexity index is 7410. The van der Waals surface area contributed by atoms with Crippen LogP contribution in [-0.2, 0) is 5.41 Å². The maximum Gasteiger partial charge on any atom is 0.165 e. The summed E-state index contributed by atoms with van der Waals surface area (Å²) in [5, 5.41) is 9.94. The number of para-hydroxylation sites is 3. The highest BCUT2D eigenvalue weighted by Crippen LogP contribution is 2.52. The average Bonchev–Trinajstić information content (AvgIpc) is 1.55. The number of aromatic nitrogens is 8. The van der Waals surface area contributed by atoms with Gasteiger partial charge >= 0.3 is 0 Å². The molecule has 0 atom stereocenters. The van der Waals surface area contributed by atoms with Gasteiger partial charge in [-0.1, -0.05) is 299 Å². The highest BCUT2D eigenvalue weighted by atomic mass is 32.1. The predicted molar refractivity (Wildman–Crippen MR) is 481 cm³/mol. The van der Waals surface area contributed by atoms with Crippen LogP contribution in [-0.4, -0.2) is 39.0 Å². The van der Waals surface area contributed by atoms with Crippen LogP contribution in [0.5, 0.6) is 0 Å². The topological polar surface area (TPSA) is 87.2 Å². The van der Waals surface area contributed by atoms with E-state index in [9.17, 15) is 0 Å². The molecule has 540 valence electrons. The molecule has 1 aliphatic carbocycles. The lowest BCUT2D eigenvalue weighted by Crippen LogP contribution is -2.14. The fourth-order valence-corrected chi connectivity index (χ4v) is 19.7. The quantitative estimate of drug-likeness (QED) is 0.128. The Balaban J connectivity index is 0.000000140. The van der Waals surface area contributed by atoms with Crippen LogP contribution in [0.25, 0.3) is 208 Å². The van der Waals surface area contributed by atoms with Gasteiger partial charge in [-0.15, -0.1) is 22.7 Å². The van der Waals surface area contributed by atoms with Gasteiger partial charge < -0.3 is 9.13 Å². The maximum absolute atomic E-state index is 5.19. The smallest absolute Gasteiger partial charge is 0.165 e. The molecule has 10 heteroatoms. The Morgan fingerprint density at radius 2 is 0.530 bits per heavy atom. The normalized spacial score (nSPS) is 12.3. The van der Waals surface area contributed by atoms with Gasteiger partial charge in [-0.25, -0.2) is 29.9 Å². The van der Waals surface area contributed by atoms with E-state index in [0.29, 0.717) is 34.9 Å². The standard InChI is InChI=1S/C54H36N4S.C51H32N4S/c1-54(2)45-22-12-9-19-38(45)41-31-42-39-20-10-13-23-47(39)58(48(42)32-46(41)54)37-27-25-33(26-28-37)36-29-43-40-21-11-14-24-49(40)59-50(43)44(30-36)53-56-51(34-15-5-3-6-16-34)55-52(57-53)35-17-7-4-8-18-35;1-3-13-36(14-4-1)49-52-50(37-15-5-2-6-16-37)54-51(53-49)44-32-38(31-43-42-19-9-12-22-47(42)56-48(43)44)35-25-23-33(24-26-35)34-27-29-39(30-28-34)55-45-20-10-7-17-40(45)41-18-8-11-21-46(41)55/h3-32H,1-2H3;1-32H. The molecule has 1 aliphatic rings. The molecule has 6 aromatic heterocycles. The van der Waals surface area contributed by atoms with Gasteiger partial charge in [0.25, 0.3) is 0 Å². The summed E-state index contributed by atoms with van der Waals surface area (Å²) in [6.45, 7) is 4.71. The second-order valence-corrected chi connectivity index (χ2v) is 32.2. The van der Waals surface area contributed by atoms with Crippen molar-refractivity contribution < 1.29 is 0 Å². The van der Waals surface area contributed by atoms with Gasteiger partial charge in [0.1, 0.15) is 0 Å². The van der Waals surface area contributed by atoms with Crippen LogP contribution in [0.3, 0.4) is 0 Å². The molecular weight excluding hydrogens is 1440 g/mol. The molecule has 0 saturated heterocycles. The Morgan fingerprint density at radius 3 is 0.948 bits per heavy atom. The lowest BCUT2D eigenvalue weighted by molar-refractivity contribution is 0.661. The van der Waals surface area contributed by atoms with Gasteiger partial charge in [-0.05, 0) is 147 Å². The molecule has 0 radical (unpaired) electrons. The van der Waals surface area contributed by atoms with E-state index in [1.165, 1.54) is 117 Å². The summed E-state index contributed by atoms with van der Waals surface area (Å²) in [4.78, 5) is 30.6. The van der Waals surface area contributed by atoms with Crippen LogP contribution in [0.2, 0.25) is 0 Å².